The van der Waals surface area contributed by atoms with Crippen molar-refractivity contribution in [2.24, 2.45) is 5.92 Å². The summed E-state index contributed by atoms with van der Waals surface area (Å²) in [6, 6.07) is 13.1. The Bertz CT molecular complexity index is 944. The molecule has 3 atom stereocenters. The third kappa shape index (κ3) is 5.39. The van der Waals surface area contributed by atoms with Gasteiger partial charge in [0.1, 0.15) is 5.75 Å². The molecule has 33 heavy (non-hydrogen) atoms. The number of benzene rings is 2. The number of hydrogen-bond donors (Lipinski definition) is 1. The third-order valence-electron chi connectivity index (χ3n) is 6.26. The lowest BCUT2D eigenvalue weighted by Gasteiger charge is -2.24. The summed E-state index contributed by atoms with van der Waals surface area (Å²) in [5.41, 5.74) is 1.94. The van der Waals surface area contributed by atoms with E-state index in [4.69, 9.17) is 14.2 Å². The molecular weight excluding hydrogens is 424 g/mol. The predicted octanol–water partition coefficient (Wildman–Crippen LogP) is 3.38. The van der Waals surface area contributed by atoms with E-state index in [-0.39, 0.29) is 18.8 Å². The van der Waals surface area contributed by atoms with E-state index in [1.165, 1.54) is 0 Å². The van der Waals surface area contributed by atoms with E-state index in [2.05, 4.69) is 4.90 Å². The number of carboxylic acids is 1. The highest BCUT2D eigenvalue weighted by Gasteiger charge is 2.46. The minimum Gasteiger partial charge on any atom is -0.497 e. The van der Waals surface area contributed by atoms with Crippen LogP contribution in [0.25, 0.3) is 0 Å². The minimum absolute atomic E-state index is 0.126. The highest BCUT2D eigenvalue weighted by Crippen LogP contribution is 2.47. The molecule has 1 N–H and O–H groups in total. The fourth-order valence-corrected chi connectivity index (χ4v) is 4.43. The van der Waals surface area contributed by atoms with Crippen LogP contribution in [0, 0.1) is 5.92 Å². The number of fused-ring (bicyclic) bond motifs is 1. The lowest BCUT2D eigenvalue weighted by Crippen LogP contribution is -2.26. The molecule has 0 aromatic heterocycles. The molecule has 0 saturated carbocycles. The summed E-state index contributed by atoms with van der Waals surface area (Å²) in [5.74, 6) is 0.681. The largest absolute Gasteiger partial charge is 0.497 e. The van der Waals surface area contributed by atoms with Gasteiger partial charge in [0.2, 0.25) is 13.2 Å². The first-order valence-corrected chi connectivity index (χ1v) is 11.1. The van der Waals surface area contributed by atoms with Crippen LogP contribution < -0.4 is 14.2 Å². The van der Waals surface area contributed by atoms with E-state index >= 15 is 0 Å². The molecule has 1 fully saturated rings. The number of carboxylic acid groups (broad SMARTS) is 1. The van der Waals surface area contributed by atoms with E-state index in [9.17, 15) is 14.7 Å². The molecule has 178 valence electrons. The van der Waals surface area contributed by atoms with Gasteiger partial charge in [-0.25, -0.2) is 0 Å². The van der Waals surface area contributed by atoms with Crippen molar-refractivity contribution >= 4 is 12.4 Å². The third-order valence-corrected chi connectivity index (χ3v) is 6.26. The SMILES string of the molecule is CCN(C=O)CC.COc1ccc(C2C(C(=O)O)C(c3ccc4c(c3)OCO4)CN2C)cc1. The molecule has 0 spiro atoms. The van der Waals surface area contributed by atoms with Crippen LogP contribution in [-0.2, 0) is 9.59 Å². The Hall–Kier alpha value is -3.26. The van der Waals surface area contributed by atoms with E-state index < -0.39 is 11.9 Å². The second-order valence-electron chi connectivity index (χ2n) is 8.07. The Morgan fingerprint density at radius 3 is 2.30 bits per heavy atom. The Kier molecular flexibility index (Phi) is 8.16. The average Bonchev–Trinajstić information content (AvgIpc) is 3.44. The lowest BCUT2D eigenvalue weighted by molar-refractivity contribution is -0.143. The number of carbonyl (C=O) groups is 2. The van der Waals surface area contributed by atoms with Gasteiger partial charge in [-0.05, 0) is 56.3 Å². The highest BCUT2D eigenvalue weighted by atomic mass is 16.7. The van der Waals surface area contributed by atoms with E-state index in [1.807, 2.05) is 63.4 Å². The van der Waals surface area contributed by atoms with Gasteiger partial charge in [-0.3, -0.25) is 14.5 Å². The van der Waals surface area contributed by atoms with Crippen molar-refractivity contribution in [1.82, 2.24) is 9.80 Å². The van der Waals surface area contributed by atoms with Crippen LogP contribution in [0.4, 0.5) is 0 Å². The smallest absolute Gasteiger partial charge is 0.309 e. The standard InChI is InChI=1S/C20H21NO5.C5H11NO/c1-21-10-15(13-5-8-16-17(9-13)26-11-25-16)18(20(22)23)19(21)12-3-6-14(24-2)7-4-12;1-3-6(4-2)5-7/h3-9,15,18-19H,10-11H2,1-2H3,(H,22,23);5H,3-4H2,1-2H3. The molecular formula is C25H32N2O6. The van der Waals surface area contributed by atoms with Crippen molar-refractivity contribution in [2.45, 2.75) is 25.8 Å². The zero-order valence-corrected chi connectivity index (χ0v) is 19.6. The average molecular weight is 457 g/mol. The summed E-state index contributed by atoms with van der Waals surface area (Å²) in [5, 5.41) is 9.98. The van der Waals surface area contributed by atoms with Gasteiger partial charge in [0, 0.05) is 31.6 Å². The Labute approximate surface area is 194 Å². The van der Waals surface area contributed by atoms with Crippen LogP contribution in [0.5, 0.6) is 17.2 Å². The summed E-state index contributed by atoms with van der Waals surface area (Å²) in [4.78, 5) is 25.9. The van der Waals surface area contributed by atoms with Crippen LogP contribution in [0.15, 0.2) is 42.5 Å². The van der Waals surface area contributed by atoms with Crippen LogP contribution >= 0.6 is 0 Å². The molecule has 1 amide bonds. The quantitative estimate of drug-likeness (QED) is 0.639. The van der Waals surface area contributed by atoms with Gasteiger partial charge in [-0.1, -0.05) is 18.2 Å². The molecule has 1 saturated heterocycles. The van der Waals surface area contributed by atoms with E-state index in [0.29, 0.717) is 18.0 Å². The number of hydrogen-bond acceptors (Lipinski definition) is 6. The number of nitrogens with zero attached hydrogens (tertiary/aromatic N) is 2. The van der Waals surface area contributed by atoms with Crippen molar-refractivity contribution in [3.05, 3.63) is 53.6 Å². The van der Waals surface area contributed by atoms with E-state index in [1.54, 1.807) is 12.0 Å². The molecule has 4 rings (SSSR count). The second kappa shape index (κ2) is 11.0. The number of carbonyl (C=O) groups excluding carboxylic acids is 1. The molecule has 0 aliphatic carbocycles. The number of methoxy groups -OCH3 is 1. The van der Waals surface area contributed by atoms with Gasteiger partial charge in [-0.2, -0.15) is 0 Å². The Balaban J connectivity index is 0.000000383. The fraction of sp³-hybridized carbons (Fsp3) is 0.440. The highest BCUT2D eigenvalue weighted by molar-refractivity contribution is 5.74. The van der Waals surface area contributed by atoms with Crippen molar-refractivity contribution in [2.75, 3.05) is 40.6 Å². The Morgan fingerprint density at radius 1 is 1.12 bits per heavy atom. The number of aliphatic carboxylic acids is 1. The molecule has 0 radical (unpaired) electrons. The molecule has 8 nitrogen and oxygen atoms in total. The number of likely N-dealkylation sites (N-methyl/N-ethyl adjacent to an activating group) is 1. The van der Waals surface area contributed by atoms with Crippen molar-refractivity contribution < 1.29 is 28.9 Å². The predicted molar refractivity (Wildman–Crippen MR) is 124 cm³/mol. The molecule has 2 aliphatic rings. The van der Waals surface area contributed by atoms with Crippen molar-refractivity contribution in [1.29, 1.82) is 0 Å². The molecule has 2 heterocycles. The maximum Gasteiger partial charge on any atom is 0.309 e. The van der Waals surface area contributed by atoms with Gasteiger partial charge in [0.05, 0.1) is 13.0 Å². The molecule has 2 aromatic carbocycles. The first-order valence-electron chi connectivity index (χ1n) is 11.1. The molecule has 3 unspecified atom stereocenters. The second-order valence-corrected chi connectivity index (χ2v) is 8.07. The van der Waals surface area contributed by atoms with E-state index in [0.717, 1.165) is 36.4 Å². The molecule has 8 heteroatoms. The van der Waals surface area contributed by atoms with Gasteiger partial charge < -0.3 is 24.2 Å². The van der Waals surface area contributed by atoms with Crippen LogP contribution in [0.3, 0.4) is 0 Å². The maximum absolute atomic E-state index is 12.2. The summed E-state index contributed by atoms with van der Waals surface area (Å²) in [7, 11) is 3.59. The summed E-state index contributed by atoms with van der Waals surface area (Å²) >= 11 is 0. The van der Waals surface area contributed by atoms with Crippen LogP contribution in [0.2, 0.25) is 0 Å². The number of ether oxygens (including phenoxy) is 3. The van der Waals surface area contributed by atoms with Crippen LogP contribution in [-0.4, -0.2) is 67.9 Å². The van der Waals surface area contributed by atoms with Crippen molar-refractivity contribution in [3.8, 4) is 17.2 Å². The molecule has 0 bridgehead atoms. The summed E-state index contributed by atoms with van der Waals surface area (Å²) < 4.78 is 16.0. The molecule has 2 aliphatic heterocycles. The first kappa shape index (κ1) is 24.4. The minimum atomic E-state index is -0.794. The number of rotatable bonds is 7. The van der Waals surface area contributed by atoms with Gasteiger partial charge in [-0.15, -0.1) is 0 Å². The molecule has 2 aromatic rings. The fourth-order valence-electron chi connectivity index (χ4n) is 4.43. The van der Waals surface area contributed by atoms with Gasteiger partial charge in [0.25, 0.3) is 0 Å². The normalized spacial score (nSPS) is 21.2. The zero-order valence-electron chi connectivity index (χ0n) is 19.6. The lowest BCUT2D eigenvalue weighted by atomic mass is 9.83. The van der Waals surface area contributed by atoms with Crippen LogP contribution in [0.1, 0.15) is 36.9 Å². The summed E-state index contributed by atoms with van der Waals surface area (Å²) in [6.07, 6.45) is 0.861. The van der Waals surface area contributed by atoms with Gasteiger partial charge >= 0.3 is 5.97 Å². The van der Waals surface area contributed by atoms with Crippen molar-refractivity contribution in [3.63, 3.8) is 0 Å². The first-order chi connectivity index (χ1) is 15.9. The Morgan fingerprint density at radius 2 is 1.76 bits per heavy atom. The maximum atomic E-state index is 12.2. The number of likely N-dealkylation sites (tertiary alicyclic amines) is 1. The monoisotopic (exact) mass is 456 g/mol. The number of amides is 1. The summed E-state index contributed by atoms with van der Waals surface area (Å²) in [6.45, 7) is 6.42. The topological polar surface area (TPSA) is 88.5 Å². The van der Waals surface area contributed by atoms with Gasteiger partial charge in [0.15, 0.2) is 11.5 Å². The zero-order chi connectivity index (χ0) is 24.0.